The van der Waals surface area contributed by atoms with Crippen molar-refractivity contribution in [3.05, 3.63) is 129 Å². The maximum Gasteiger partial charge on any atom is 0.419 e. The first-order chi connectivity index (χ1) is 18.3. The Balaban J connectivity index is 1.52. The fourth-order valence-electron chi connectivity index (χ4n) is 5.70. The van der Waals surface area contributed by atoms with Gasteiger partial charge in [0.15, 0.2) is 5.78 Å². The van der Waals surface area contributed by atoms with Crippen LogP contribution in [0.1, 0.15) is 39.4 Å². The Bertz CT molecular complexity index is 1680. The summed E-state index contributed by atoms with van der Waals surface area (Å²) >= 11 is 0. The topological polar surface area (TPSA) is 29.1 Å². The van der Waals surface area contributed by atoms with Crippen LogP contribution in [0, 0.1) is 11.7 Å². The maximum absolute atomic E-state index is 13.9. The van der Waals surface area contributed by atoms with Crippen LogP contribution in [-0.4, -0.2) is 5.78 Å². The van der Waals surface area contributed by atoms with Gasteiger partial charge < -0.3 is 5.32 Å². The van der Waals surface area contributed by atoms with E-state index in [4.69, 9.17) is 0 Å². The molecule has 1 N–H and O–H groups in total. The van der Waals surface area contributed by atoms with Crippen LogP contribution in [0.5, 0.6) is 0 Å². The number of rotatable bonds is 3. The minimum Gasteiger partial charge on any atom is -0.364 e. The molecule has 3 aromatic carbocycles. The molecule has 1 aliphatic heterocycles. The number of fused-ring (bicyclic) bond motifs is 5. The largest absolute Gasteiger partial charge is 0.419 e. The third-order valence-electron chi connectivity index (χ3n) is 7.50. The Hall–Kier alpha value is -4.19. The van der Waals surface area contributed by atoms with Gasteiger partial charge in [-0.25, -0.2) is 4.39 Å². The SMILES string of the molecule is O=C(c1ccc(F)c(C(F)(F)F)c1)C1C=c2c(ccc3c2=CCc2ccccc2-3)C(C2=CC=CC=CN2)C1. The van der Waals surface area contributed by atoms with Crippen molar-refractivity contribution in [2.24, 2.45) is 5.92 Å². The Morgan fingerprint density at radius 3 is 2.61 bits per heavy atom. The van der Waals surface area contributed by atoms with E-state index in [1.165, 1.54) is 5.56 Å². The molecule has 0 saturated heterocycles. The van der Waals surface area contributed by atoms with Crippen LogP contribution < -0.4 is 15.8 Å². The van der Waals surface area contributed by atoms with Crippen molar-refractivity contribution in [2.45, 2.75) is 24.9 Å². The Morgan fingerprint density at radius 2 is 1.76 bits per heavy atom. The number of hydrogen-bond acceptors (Lipinski definition) is 2. The highest BCUT2D eigenvalue weighted by Gasteiger charge is 2.36. The van der Waals surface area contributed by atoms with Crippen LogP contribution >= 0.6 is 0 Å². The van der Waals surface area contributed by atoms with E-state index >= 15 is 0 Å². The van der Waals surface area contributed by atoms with Crippen LogP contribution in [-0.2, 0) is 12.6 Å². The van der Waals surface area contributed by atoms with Gasteiger partial charge in [0.05, 0.1) is 5.56 Å². The number of benzene rings is 3. The predicted octanol–water partition coefficient (Wildman–Crippen LogP) is 6.17. The highest BCUT2D eigenvalue weighted by molar-refractivity contribution is 6.01. The van der Waals surface area contributed by atoms with Gasteiger partial charge in [-0.1, -0.05) is 60.7 Å². The molecule has 2 atom stereocenters. The first kappa shape index (κ1) is 24.2. The maximum atomic E-state index is 13.9. The molecule has 190 valence electrons. The van der Waals surface area contributed by atoms with Crippen molar-refractivity contribution in [2.75, 3.05) is 0 Å². The van der Waals surface area contributed by atoms with Gasteiger partial charge in [-0.2, -0.15) is 13.2 Å². The zero-order valence-electron chi connectivity index (χ0n) is 20.2. The average Bonchev–Trinajstić information content (AvgIpc) is 3.21. The van der Waals surface area contributed by atoms with Crippen LogP contribution in [0.25, 0.3) is 23.3 Å². The zero-order valence-corrected chi connectivity index (χ0v) is 20.2. The minimum absolute atomic E-state index is 0.149. The summed E-state index contributed by atoms with van der Waals surface area (Å²) in [6.45, 7) is 0. The standard InChI is InChI=1S/C32H23F4NO/c33-29-14-10-20(18-28(29)32(34,35)36)31(38)21-16-26-24-11-9-19-6-3-4-7-22(19)23(24)12-13-25(26)27(17-21)30-8-2-1-5-15-37-30/h1-8,10-16,18,21,27,37H,9,17H2. The molecule has 0 spiro atoms. The van der Waals surface area contributed by atoms with E-state index in [0.717, 1.165) is 51.4 Å². The fourth-order valence-corrected chi connectivity index (χ4v) is 5.70. The number of halogens is 4. The van der Waals surface area contributed by atoms with Gasteiger partial charge >= 0.3 is 6.18 Å². The van der Waals surface area contributed by atoms with Gasteiger partial charge in [0.2, 0.25) is 0 Å². The van der Waals surface area contributed by atoms with E-state index < -0.39 is 29.3 Å². The van der Waals surface area contributed by atoms with E-state index in [1.807, 2.05) is 48.7 Å². The van der Waals surface area contributed by atoms with Crippen molar-refractivity contribution < 1.29 is 22.4 Å². The van der Waals surface area contributed by atoms with E-state index in [1.54, 1.807) is 0 Å². The van der Waals surface area contributed by atoms with Crippen molar-refractivity contribution in [3.8, 4) is 11.1 Å². The quantitative estimate of drug-likeness (QED) is 0.335. The number of allylic oxidation sites excluding steroid dienone is 5. The molecule has 3 aliphatic rings. The number of hydrogen-bond donors (Lipinski definition) is 1. The molecule has 1 heterocycles. The second-order valence-corrected chi connectivity index (χ2v) is 9.72. The molecule has 0 fully saturated rings. The lowest BCUT2D eigenvalue weighted by molar-refractivity contribution is -0.140. The van der Waals surface area contributed by atoms with Crippen molar-refractivity contribution in [3.63, 3.8) is 0 Å². The number of nitrogens with one attached hydrogen (secondary N) is 1. The summed E-state index contributed by atoms with van der Waals surface area (Å²) in [5.74, 6) is -2.72. The van der Waals surface area contributed by atoms with Crippen LogP contribution in [0.15, 0.2) is 90.8 Å². The van der Waals surface area contributed by atoms with Gasteiger partial charge in [0.1, 0.15) is 5.82 Å². The third kappa shape index (κ3) is 4.20. The van der Waals surface area contributed by atoms with Gasteiger partial charge in [0, 0.05) is 29.3 Å². The first-order valence-electron chi connectivity index (χ1n) is 12.5. The Labute approximate surface area is 217 Å². The van der Waals surface area contributed by atoms with Crippen molar-refractivity contribution in [1.82, 2.24) is 5.32 Å². The molecule has 0 radical (unpaired) electrons. The monoisotopic (exact) mass is 513 g/mol. The third-order valence-corrected chi connectivity index (χ3v) is 7.50. The zero-order chi connectivity index (χ0) is 26.4. The number of carbonyl (C=O) groups excluding carboxylic acids is 1. The normalized spacial score (nSPS) is 19.5. The second-order valence-electron chi connectivity index (χ2n) is 9.72. The molecule has 2 aliphatic carbocycles. The summed E-state index contributed by atoms with van der Waals surface area (Å²) in [5.41, 5.74) is 3.80. The predicted molar refractivity (Wildman–Crippen MR) is 140 cm³/mol. The fraction of sp³-hybridized carbons (Fsp3) is 0.156. The van der Waals surface area contributed by atoms with Gasteiger partial charge in [-0.05, 0) is 75.9 Å². The summed E-state index contributed by atoms with van der Waals surface area (Å²) in [6, 6.07) is 14.9. The summed E-state index contributed by atoms with van der Waals surface area (Å²) < 4.78 is 54.1. The molecule has 0 aromatic heterocycles. The van der Waals surface area contributed by atoms with E-state index in [-0.39, 0.29) is 11.5 Å². The molecule has 0 saturated carbocycles. The molecular weight excluding hydrogens is 490 g/mol. The van der Waals surface area contributed by atoms with Crippen LogP contribution in [0.2, 0.25) is 0 Å². The Kier molecular flexibility index (Phi) is 5.90. The van der Waals surface area contributed by atoms with Gasteiger partial charge in [-0.3, -0.25) is 4.79 Å². The minimum atomic E-state index is -4.89. The van der Waals surface area contributed by atoms with Crippen LogP contribution in [0.4, 0.5) is 17.6 Å². The Morgan fingerprint density at radius 1 is 0.921 bits per heavy atom. The second kappa shape index (κ2) is 9.28. The molecule has 6 heteroatoms. The molecule has 38 heavy (non-hydrogen) atoms. The molecule has 0 bridgehead atoms. The van der Waals surface area contributed by atoms with Gasteiger partial charge in [-0.15, -0.1) is 0 Å². The number of ketones is 1. The van der Waals surface area contributed by atoms with Crippen molar-refractivity contribution in [1.29, 1.82) is 0 Å². The van der Waals surface area contributed by atoms with Gasteiger partial charge in [0.25, 0.3) is 0 Å². The molecule has 6 rings (SSSR count). The van der Waals surface area contributed by atoms with Crippen molar-refractivity contribution >= 4 is 17.9 Å². The highest BCUT2D eigenvalue weighted by atomic mass is 19.4. The lowest BCUT2D eigenvalue weighted by Gasteiger charge is -2.30. The summed E-state index contributed by atoms with van der Waals surface area (Å²) in [4.78, 5) is 13.7. The lowest BCUT2D eigenvalue weighted by Crippen LogP contribution is -2.40. The summed E-state index contributed by atoms with van der Waals surface area (Å²) in [6.07, 6.45) is 9.74. The number of Topliss-reactive ketones (excluding diaryl/α,β-unsaturated/α-hetero) is 1. The summed E-state index contributed by atoms with van der Waals surface area (Å²) in [7, 11) is 0. The molecule has 2 nitrogen and oxygen atoms in total. The number of alkyl halides is 3. The number of carbonyl (C=O) groups is 1. The molecule has 0 amide bonds. The molecule has 2 unspecified atom stereocenters. The molecular formula is C32H23F4NO. The van der Waals surface area contributed by atoms with Crippen LogP contribution in [0.3, 0.4) is 0 Å². The average molecular weight is 514 g/mol. The smallest absolute Gasteiger partial charge is 0.364 e. The van der Waals surface area contributed by atoms with E-state index in [2.05, 4.69) is 35.7 Å². The summed E-state index contributed by atoms with van der Waals surface area (Å²) in [5, 5.41) is 5.26. The lowest BCUT2D eigenvalue weighted by atomic mass is 9.75. The van der Waals surface area contributed by atoms with E-state index in [9.17, 15) is 22.4 Å². The highest BCUT2D eigenvalue weighted by Crippen LogP contribution is 2.37. The first-order valence-corrected chi connectivity index (χ1v) is 12.5. The molecule has 3 aromatic rings. The van der Waals surface area contributed by atoms with E-state index in [0.29, 0.717) is 12.5 Å².